The first-order chi connectivity index (χ1) is 10.7. The van der Waals surface area contributed by atoms with Gasteiger partial charge in [-0.1, -0.05) is 11.6 Å². The lowest BCUT2D eigenvalue weighted by molar-refractivity contribution is -0.133. The molecule has 3 fully saturated rings. The average molecular weight is 303 g/mol. The van der Waals surface area contributed by atoms with Crippen LogP contribution in [-0.2, 0) is 4.79 Å². The van der Waals surface area contributed by atoms with Crippen molar-refractivity contribution in [2.45, 2.75) is 57.8 Å². The zero-order chi connectivity index (χ0) is 15.1. The number of hydrogen-bond acceptors (Lipinski definition) is 4. The molecule has 120 valence electrons. The number of aryl methyl sites for hydroxylation is 1. The Labute approximate surface area is 131 Å². The van der Waals surface area contributed by atoms with E-state index in [2.05, 4.69) is 15.0 Å². The van der Waals surface area contributed by atoms with Gasteiger partial charge in [0.25, 0.3) is 0 Å². The second-order valence-corrected chi connectivity index (χ2v) is 7.47. The van der Waals surface area contributed by atoms with E-state index in [0.717, 1.165) is 50.1 Å². The maximum absolute atomic E-state index is 12.6. The van der Waals surface area contributed by atoms with Gasteiger partial charge >= 0.3 is 0 Å². The number of piperidine rings is 1. The number of amides is 1. The minimum atomic E-state index is 0.327. The molecule has 2 aliphatic carbocycles. The van der Waals surface area contributed by atoms with Gasteiger partial charge in [0, 0.05) is 25.4 Å². The van der Waals surface area contributed by atoms with E-state index < -0.39 is 0 Å². The number of nitrogens with zero attached hydrogens (tertiary/aromatic N) is 3. The summed E-state index contributed by atoms with van der Waals surface area (Å²) < 4.78 is 5.28. The molecule has 0 radical (unpaired) electrons. The third-order valence-electron chi connectivity index (χ3n) is 6.06. The van der Waals surface area contributed by atoms with Gasteiger partial charge in [-0.2, -0.15) is 4.98 Å². The number of carbonyl (C=O) groups is 1. The summed E-state index contributed by atoms with van der Waals surface area (Å²) in [4.78, 5) is 18.9. The maximum atomic E-state index is 12.6. The third-order valence-corrected chi connectivity index (χ3v) is 6.06. The van der Waals surface area contributed by atoms with Gasteiger partial charge in [0.05, 0.1) is 0 Å². The van der Waals surface area contributed by atoms with Crippen molar-refractivity contribution in [3.63, 3.8) is 0 Å². The summed E-state index contributed by atoms with van der Waals surface area (Å²) in [6.07, 6.45) is 8.13. The van der Waals surface area contributed by atoms with E-state index in [1.165, 1.54) is 25.7 Å². The molecule has 1 aromatic heterocycles. The van der Waals surface area contributed by atoms with Crippen LogP contribution in [0, 0.1) is 24.7 Å². The molecule has 0 aromatic carbocycles. The van der Waals surface area contributed by atoms with Crippen LogP contribution in [0.25, 0.3) is 0 Å². The molecule has 4 rings (SSSR count). The van der Waals surface area contributed by atoms with Crippen LogP contribution in [0.15, 0.2) is 4.52 Å². The summed E-state index contributed by atoms with van der Waals surface area (Å²) in [5.74, 6) is 4.58. The Hall–Kier alpha value is -1.39. The fourth-order valence-electron chi connectivity index (χ4n) is 4.83. The topological polar surface area (TPSA) is 59.2 Å². The predicted molar refractivity (Wildman–Crippen MR) is 81.1 cm³/mol. The van der Waals surface area contributed by atoms with Gasteiger partial charge in [0.2, 0.25) is 11.8 Å². The Bertz CT molecular complexity index is 548. The van der Waals surface area contributed by atoms with Crippen molar-refractivity contribution in [2.24, 2.45) is 17.8 Å². The lowest BCUT2D eigenvalue weighted by atomic mass is 9.86. The first-order valence-electron chi connectivity index (χ1n) is 8.77. The maximum Gasteiger partial charge on any atom is 0.229 e. The molecule has 1 aliphatic heterocycles. The van der Waals surface area contributed by atoms with Crippen molar-refractivity contribution in [2.75, 3.05) is 13.1 Å². The molecule has 22 heavy (non-hydrogen) atoms. The Kier molecular flexibility index (Phi) is 3.66. The Morgan fingerprint density at radius 3 is 2.64 bits per heavy atom. The molecule has 0 N–H and O–H groups in total. The molecule has 1 saturated heterocycles. The Balaban J connectivity index is 1.29. The van der Waals surface area contributed by atoms with E-state index in [-0.39, 0.29) is 0 Å². The fourth-order valence-corrected chi connectivity index (χ4v) is 4.83. The average Bonchev–Trinajstić information content (AvgIpc) is 3.24. The lowest BCUT2D eigenvalue weighted by Gasteiger charge is -2.32. The van der Waals surface area contributed by atoms with Crippen LogP contribution in [0.3, 0.4) is 0 Å². The molecule has 0 unspecified atom stereocenters. The van der Waals surface area contributed by atoms with E-state index in [1.54, 1.807) is 0 Å². The summed E-state index contributed by atoms with van der Waals surface area (Å²) in [6.45, 7) is 3.53. The molecule has 0 spiro atoms. The van der Waals surface area contributed by atoms with Crippen LogP contribution < -0.4 is 0 Å². The largest absolute Gasteiger partial charge is 0.343 e. The highest BCUT2D eigenvalue weighted by atomic mass is 16.5. The van der Waals surface area contributed by atoms with Crippen molar-refractivity contribution in [3.8, 4) is 0 Å². The van der Waals surface area contributed by atoms with Crippen LogP contribution in [0.5, 0.6) is 0 Å². The molecule has 2 bridgehead atoms. The first-order valence-corrected chi connectivity index (χ1v) is 8.77. The van der Waals surface area contributed by atoms with Gasteiger partial charge in [-0.3, -0.25) is 4.79 Å². The monoisotopic (exact) mass is 303 g/mol. The Morgan fingerprint density at radius 2 is 2.05 bits per heavy atom. The lowest BCUT2D eigenvalue weighted by Crippen LogP contribution is -2.39. The van der Waals surface area contributed by atoms with Crippen LogP contribution in [0.4, 0.5) is 0 Å². The highest BCUT2D eigenvalue weighted by Crippen LogP contribution is 2.49. The minimum Gasteiger partial charge on any atom is -0.343 e. The first kappa shape index (κ1) is 14.2. The van der Waals surface area contributed by atoms with E-state index in [1.807, 2.05) is 6.92 Å². The van der Waals surface area contributed by atoms with Gasteiger partial charge in [-0.05, 0) is 56.8 Å². The van der Waals surface area contributed by atoms with Crippen molar-refractivity contribution in [3.05, 3.63) is 11.7 Å². The predicted octanol–water partition coefficient (Wildman–Crippen LogP) is 2.91. The number of carbonyl (C=O) groups excluding carboxylic acids is 1. The van der Waals surface area contributed by atoms with Gasteiger partial charge in [-0.25, -0.2) is 0 Å². The van der Waals surface area contributed by atoms with Crippen molar-refractivity contribution in [1.29, 1.82) is 0 Å². The standard InChI is InChI=1S/C17H25N3O2/c1-11-18-17(22-19-11)13-4-6-20(7-5-13)16(21)10-15-9-12-2-3-14(15)8-12/h12-15H,2-10H2,1H3/t12-,14-,15+/m0/s1. The zero-order valence-corrected chi connectivity index (χ0v) is 13.3. The minimum absolute atomic E-state index is 0.327. The smallest absolute Gasteiger partial charge is 0.229 e. The molecule has 3 atom stereocenters. The fraction of sp³-hybridized carbons (Fsp3) is 0.824. The van der Waals surface area contributed by atoms with Crippen LogP contribution in [0.2, 0.25) is 0 Å². The number of fused-ring (bicyclic) bond motifs is 2. The quantitative estimate of drug-likeness (QED) is 0.861. The molecular weight excluding hydrogens is 278 g/mol. The molecule has 1 amide bonds. The van der Waals surface area contributed by atoms with Gasteiger partial charge in [0.1, 0.15) is 0 Å². The highest BCUT2D eigenvalue weighted by molar-refractivity contribution is 5.76. The molecule has 2 heterocycles. The number of aromatic nitrogens is 2. The summed E-state index contributed by atoms with van der Waals surface area (Å²) >= 11 is 0. The zero-order valence-electron chi connectivity index (χ0n) is 13.3. The molecular formula is C17H25N3O2. The second kappa shape index (κ2) is 5.67. The normalized spacial score (nSPS) is 31.9. The summed E-state index contributed by atoms with van der Waals surface area (Å²) in [5, 5.41) is 3.87. The van der Waals surface area contributed by atoms with Crippen LogP contribution in [0.1, 0.15) is 62.6 Å². The van der Waals surface area contributed by atoms with Gasteiger partial charge < -0.3 is 9.42 Å². The summed E-state index contributed by atoms with van der Waals surface area (Å²) in [6, 6.07) is 0. The molecule has 1 aromatic rings. The van der Waals surface area contributed by atoms with Gasteiger partial charge in [-0.15, -0.1) is 0 Å². The summed E-state index contributed by atoms with van der Waals surface area (Å²) in [5.41, 5.74) is 0. The van der Waals surface area contributed by atoms with E-state index >= 15 is 0 Å². The van der Waals surface area contributed by atoms with Crippen LogP contribution in [-0.4, -0.2) is 34.0 Å². The highest BCUT2D eigenvalue weighted by Gasteiger charge is 2.41. The number of hydrogen-bond donors (Lipinski definition) is 0. The molecule has 2 saturated carbocycles. The van der Waals surface area contributed by atoms with E-state index in [0.29, 0.717) is 23.6 Å². The van der Waals surface area contributed by atoms with Crippen molar-refractivity contribution < 1.29 is 9.32 Å². The number of rotatable bonds is 3. The van der Waals surface area contributed by atoms with E-state index in [9.17, 15) is 4.79 Å². The molecule has 3 aliphatic rings. The van der Waals surface area contributed by atoms with Crippen molar-refractivity contribution in [1.82, 2.24) is 15.0 Å². The number of likely N-dealkylation sites (tertiary alicyclic amines) is 1. The second-order valence-electron chi connectivity index (χ2n) is 7.47. The summed E-state index contributed by atoms with van der Waals surface area (Å²) in [7, 11) is 0. The Morgan fingerprint density at radius 1 is 1.23 bits per heavy atom. The third kappa shape index (κ3) is 2.66. The van der Waals surface area contributed by atoms with E-state index in [4.69, 9.17) is 4.52 Å². The van der Waals surface area contributed by atoms with Gasteiger partial charge in [0.15, 0.2) is 5.82 Å². The molecule has 5 nitrogen and oxygen atoms in total. The van der Waals surface area contributed by atoms with Crippen molar-refractivity contribution >= 4 is 5.91 Å². The van der Waals surface area contributed by atoms with Crippen LogP contribution >= 0.6 is 0 Å². The SMILES string of the molecule is Cc1noc(C2CCN(C(=O)C[C@H]3C[C@H]4CC[C@H]3C4)CC2)n1. The molecule has 5 heteroatoms.